The topological polar surface area (TPSA) is 52.1 Å². The number of hydrogen-bond acceptors (Lipinski definition) is 4. The molecule has 0 bridgehead atoms. The summed E-state index contributed by atoms with van der Waals surface area (Å²) in [6.07, 6.45) is 12.7. The van der Waals surface area contributed by atoms with E-state index in [0.717, 1.165) is 76.4 Å². The Kier molecular flexibility index (Phi) is 6.16. The third-order valence-electron chi connectivity index (χ3n) is 6.95. The van der Waals surface area contributed by atoms with E-state index in [2.05, 4.69) is 68.8 Å². The largest absolute Gasteiger partial charge is 0.372 e. The lowest BCUT2D eigenvalue weighted by Gasteiger charge is -2.31. The lowest BCUT2D eigenvalue weighted by molar-refractivity contribution is 0.326. The van der Waals surface area contributed by atoms with Crippen LogP contribution >= 0.6 is 0 Å². The monoisotopic (exact) mass is 454 g/mol. The number of aromatic amines is 1. The van der Waals surface area contributed by atoms with Crippen LogP contribution in [0.3, 0.4) is 0 Å². The van der Waals surface area contributed by atoms with Gasteiger partial charge in [-0.1, -0.05) is 19.2 Å². The van der Waals surface area contributed by atoms with Crippen molar-refractivity contribution in [3.8, 4) is 0 Å². The lowest BCUT2D eigenvalue weighted by Crippen LogP contribution is -2.27. The van der Waals surface area contributed by atoms with E-state index in [1.54, 1.807) is 0 Å². The van der Waals surface area contributed by atoms with Crippen LogP contribution in [0, 0.1) is 0 Å². The van der Waals surface area contributed by atoms with Gasteiger partial charge < -0.3 is 24.7 Å². The van der Waals surface area contributed by atoms with E-state index >= 15 is 0 Å². The van der Waals surface area contributed by atoms with Crippen molar-refractivity contribution in [2.45, 2.75) is 32.4 Å². The average molecular weight is 455 g/mol. The molecule has 0 amide bonds. The van der Waals surface area contributed by atoms with Gasteiger partial charge in [-0.3, -0.25) is 0 Å². The van der Waals surface area contributed by atoms with Gasteiger partial charge in [0.05, 0.1) is 35.4 Å². The number of fused-ring (bicyclic) bond motifs is 2. The third-order valence-corrected chi connectivity index (χ3v) is 6.95. The molecule has 1 fully saturated rings. The van der Waals surface area contributed by atoms with Crippen molar-refractivity contribution in [3.05, 3.63) is 85.1 Å². The maximum Gasteiger partial charge on any atom is 0.0969 e. The SMILES string of the molecule is C=CCCN1C=C(c2cc(C(=C)N3CCCCC3)cc3c2ncn3CNC)c2cc[nH]c2C1=C. The summed E-state index contributed by atoms with van der Waals surface area (Å²) in [4.78, 5) is 12.9. The van der Waals surface area contributed by atoms with Gasteiger partial charge in [-0.2, -0.15) is 0 Å². The molecular weight excluding hydrogens is 420 g/mol. The number of piperidine rings is 1. The molecule has 2 N–H and O–H groups in total. The van der Waals surface area contributed by atoms with E-state index in [0.29, 0.717) is 6.67 Å². The minimum absolute atomic E-state index is 0.701. The van der Waals surface area contributed by atoms with Crippen molar-refractivity contribution in [3.63, 3.8) is 0 Å². The fourth-order valence-electron chi connectivity index (χ4n) is 5.10. The van der Waals surface area contributed by atoms with Gasteiger partial charge in [0.15, 0.2) is 0 Å². The normalized spacial score (nSPS) is 16.0. The molecule has 6 nitrogen and oxygen atoms in total. The predicted molar refractivity (Wildman–Crippen MR) is 142 cm³/mol. The van der Waals surface area contributed by atoms with Gasteiger partial charge in [0.2, 0.25) is 0 Å². The Balaban J connectivity index is 1.68. The third kappa shape index (κ3) is 3.88. The molecule has 2 aromatic heterocycles. The highest BCUT2D eigenvalue weighted by Gasteiger charge is 2.26. The van der Waals surface area contributed by atoms with Gasteiger partial charge in [0, 0.05) is 60.0 Å². The van der Waals surface area contributed by atoms with Gasteiger partial charge in [0.1, 0.15) is 0 Å². The van der Waals surface area contributed by atoms with Gasteiger partial charge in [-0.05, 0) is 50.9 Å². The number of benzene rings is 1. The molecular formula is C28H34N6. The van der Waals surface area contributed by atoms with Crippen LogP contribution in [-0.4, -0.2) is 51.0 Å². The second-order valence-electron chi connectivity index (χ2n) is 9.14. The van der Waals surface area contributed by atoms with Crippen LogP contribution in [0.5, 0.6) is 0 Å². The summed E-state index contributed by atoms with van der Waals surface area (Å²) in [6.45, 7) is 16.5. The van der Waals surface area contributed by atoms with Crippen LogP contribution in [0.1, 0.15) is 48.1 Å². The van der Waals surface area contributed by atoms with Crippen molar-refractivity contribution in [2.24, 2.45) is 0 Å². The van der Waals surface area contributed by atoms with Crippen LogP contribution in [0.15, 0.2) is 62.7 Å². The smallest absolute Gasteiger partial charge is 0.0969 e. The maximum absolute atomic E-state index is 4.86. The Morgan fingerprint density at radius 3 is 2.79 bits per heavy atom. The second-order valence-corrected chi connectivity index (χ2v) is 9.14. The van der Waals surface area contributed by atoms with E-state index in [1.165, 1.54) is 19.3 Å². The van der Waals surface area contributed by atoms with Crippen molar-refractivity contribution < 1.29 is 0 Å². The van der Waals surface area contributed by atoms with Crippen molar-refractivity contribution in [1.82, 2.24) is 29.7 Å². The molecule has 0 aliphatic carbocycles. The summed E-state index contributed by atoms with van der Waals surface area (Å²) >= 11 is 0. The molecule has 2 aliphatic rings. The maximum atomic E-state index is 4.86. The Hall–Kier alpha value is -3.51. The Morgan fingerprint density at radius 2 is 2.03 bits per heavy atom. The number of imidazole rings is 1. The van der Waals surface area contributed by atoms with Gasteiger partial charge >= 0.3 is 0 Å². The van der Waals surface area contributed by atoms with Crippen LogP contribution in [0.25, 0.3) is 28.0 Å². The molecule has 0 spiro atoms. The summed E-state index contributed by atoms with van der Waals surface area (Å²) in [5, 5.41) is 3.26. The zero-order valence-corrected chi connectivity index (χ0v) is 20.1. The minimum Gasteiger partial charge on any atom is -0.372 e. The number of nitrogens with zero attached hydrogens (tertiary/aromatic N) is 4. The van der Waals surface area contributed by atoms with E-state index in [4.69, 9.17) is 4.98 Å². The predicted octanol–water partition coefficient (Wildman–Crippen LogP) is 5.25. The first kappa shape index (κ1) is 22.3. The van der Waals surface area contributed by atoms with E-state index in [1.807, 2.05) is 25.6 Å². The van der Waals surface area contributed by atoms with Crippen LogP contribution in [0.4, 0.5) is 0 Å². The first-order chi connectivity index (χ1) is 16.6. The second kappa shape index (κ2) is 9.39. The first-order valence-electron chi connectivity index (χ1n) is 12.2. The number of nitrogens with one attached hydrogen (secondary N) is 2. The van der Waals surface area contributed by atoms with Crippen molar-refractivity contribution in [2.75, 3.05) is 26.7 Å². The molecule has 4 heterocycles. The fraction of sp³-hybridized carbons (Fsp3) is 0.321. The summed E-state index contributed by atoms with van der Waals surface area (Å²) < 4.78 is 2.17. The van der Waals surface area contributed by atoms with E-state index in [-0.39, 0.29) is 0 Å². The molecule has 2 aliphatic heterocycles. The van der Waals surface area contributed by atoms with Crippen LogP contribution < -0.4 is 5.32 Å². The molecule has 34 heavy (non-hydrogen) atoms. The summed E-state index contributed by atoms with van der Waals surface area (Å²) in [5.41, 5.74) is 9.84. The zero-order valence-electron chi connectivity index (χ0n) is 20.1. The average Bonchev–Trinajstić information content (AvgIpc) is 3.52. The highest BCUT2D eigenvalue weighted by atomic mass is 15.2. The quantitative estimate of drug-likeness (QED) is 0.457. The first-order valence-corrected chi connectivity index (χ1v) is 12.2. The Labute approximate surface area is 202 Å². The number of rotatable bonds is 8. The van der Waals surface area contributed by atoms with Crippen LogP contribution in [-0.2, 0) is 6.67 Å². The standard InChI is InChI=1S/C28H34N6/c1-5-6-12-33-17-25(23-10-11-30-27(23)21(33)3)24-15-22(20(2)32-13-8-7-9-14-32)16-26-28(24)31-19-34(26)18-29-4/h5,10-11,15-17,19,29-30H,1-3,6-9,12-14,18H2,4H3. The lowest BCUT2D eigenvalue weighted by atomic mass is 9.92. The van der Waals surface area contributed by atoms with E-state index in [9.17, 15) is 0 Å². The van der Waals surface area contributed by atoms with Gasteiger partial charge in [-0.25, -0.2) is 4.98 Å². The molecule has 5 rings (SSSR count). The number of H-pyrrole nitrogens is 1. The summed E-state index contributed by atoms with van der Waals surface area (Å²) in [5.74, 6) is 0. The van der Waals surface area contributed by atoms with Crippen molar-refractivity contribution in [1.29, 1.82) is 0 Å². The molecule has 0 unspecified atom stereocenters. The van der Waals surface area contributed by atoms with Gasteiger partial charge in [0.25, 0.3) is 0 Å². The highest BCUT2D eigenvalue weighted by Crippen LogP contribution is 2.40. The molecule has 3 aromatic rings. The Morgan fingerprint density at radius 1 is 1.21 bits per heavy atom. The molecule has 1 saturated heterocycles. The Bertz CT molecular complexity index is 1270. The number of likely N-dealkylation sites (tertiary alicyclic amines) is 1. The highest BCUT2D eigenvalue weighted by molar-refractivity contribution is 5.99. The minimum atomic E-state index is 0.701. The summed E-state index contributed by atoms with van der Waals surface area (Å²) in [7, 11) is 1.96. The molecule has 6 heteroatoms. The van der Waals surface area contributed by atoms with Crippen molar-refractivity contribution >= 4 is 28.0 Å². The van der Waals surface area contributed by atoms with E-state index < -0.39 is 0 Å². The molecule has 0 radical (unpaired) electrons. The van der Waals surface area contributed by atoms with Gasteiger partial charge in [-0.15, -0.1) is 6.58 Å². The zero-order chi connectivity index (χ0) is 23.7. The molecule has 176 valence electrons. The summed E-state index contributed by atoms with van der Waals surface area (Å²) in [6, 6.07) is 6.66. The number of aromatic nitrogens is 3. The molecule has 0 saturated carbocycles. The fourth-order valence-corrected chi connectivity index (χ4v) is 5.10. The molecule has 1 aromatic carbocycles. The van der Waals surface area contributed by atoms with Crippen LogP contribution in [0.2, 0.25) is 0 Å². The number of hydrogen-bond donors (Lipinski definition) is 2. The molecule has 0 atom stereocenters.